The lowest BCUT2D eigenvalue weighted by Crippen LogP contribution is -1.99. The van der Waals surface area contributed by atoms with Crippen LogP contribution in [-0.4, -0.2) is 9.38 Å². The van der Waals surface area contributed by atoms with Crippen molar-refractivity contribution in [1.29, 1.82) is 0 Å². The van der Waals surface area contributed by atoms with Crippen LogP contribution in [0.5, 0.6) is 0 Å². The molecule has 0 atom stereocenters. The zero-order valence-electron chi connectivity index (χ0n) is 10.4. The van der Waals surface area contributed by atoms with Gasteiger partial charge in [0.25, 0.3) is 0 Å². The highest BCUT2D eigenvalue weighted by atomic mass is 79.9. The second-order valence-electron chi connectivity index (χ2n) is 4.50. The third kappa shape index (κ3) is 2.55. The van der Waals surface area contributed by atoms with Crippen LogP contribution in [0.1, 0.15) is 16.8 Å². The Bertz CT molecular complexity index is 701. The minimum Gasteiger partial charge on any atom is -0.326 e. The molecule has 0 aliphatic heterocycles. The number of nitrogens with zero attached hydrogens (tertiary/aromatic N) is 2. The molecule has 4 heteroatoms. The maximum Gasteiger partial charge on any atom is 0.141 e. The summed E-state index contributed by atoms with van der Waals surface area (Å²) in [7, 11) is 0. The first-order valence-electron chi connectivity index (χ1n) is 6.16. The van der Waals surface area contributed by atoms with Crippen LogP contribution in [0, 0.1) is 0 Å². The van der Waals surface area contributed by atoms with Crippen molar-refractivity contribution in [3.8, 4) is 0 Å². The van der Waals surface area contributed by atoms with E-state index < -0.39 is 0 Å². The van der Waals surface area contributed by atoms with E-state index in [1.807, 2.05) is 22.7 Å². The van der Waals surface area contributed by atoms with Gasteiger partial charge in [-0.15, -0.1) is 0 Å². The first-order chi connectivity index (χ1) is 9.26. The summed E-state index contributed by atoms with van der Waals surface area (Å²) < 4.78 is 3.13. The van der Waals surface area contributed by atoms with Crippen molar-refractivity contribution < 1.29 is 0 Å². The molecule has 0 bridgehead atoms. The molecule has 3 rings (SSSR count). The van der Waals surface area contributed by atoms with Crippen molar-refractivity contribution in [2.24, 2.45) is 5.73 Å². The summed E-state index contributed by atoms with van der Waals surface area (Å²) in [4.78, 5) is 4.67. The third-order valence-corrected chi connectivity index (χ3v) is 3.66. The third-order valence-electron chi connectivity index (χ3n) is 3.13. The smallest absolute Gasteiger partial charge is 0.141 e. The van der Waals surface area contributed by atoms with Gasteiger partial charge in [-0.2, -0.15) is 0 Å². The summed E-state index contributed by atoms with van der Waals surface area (Å²) in [6, 6.07) is 12.3. The van der Waals surface area contributed by atoms with Gasteiger partial charge in [-0.3, -0.25) is 0 Å². The van der Waals surface area contributed by atoms with Crippen LogP contribution < -0.4 is 5.73 Å². The molecule has 0 spiro atoms. The van der Waals surface area contributed by atoms with Crippen molar-refractivity contribution in [3.63, 3.8) is 0 Å². The Labute approximate surface area is 120 Å². The fourth-order valence-electron chi connectivity index (χ4n) is 2.18. The first kappa shape index (κ1) is 12.4. The summed E-state index contributed by atoms with van der Waals surface area (Å²) in [5.74, 6) is 0. The Hall–Kier alpha value is -1.65. The largest absolute Gasteiger partial charge is 0.326 e. The summed E-state index contributed by atoms with van der Waals surface area (Å²) >= 11 is 3.44. The van der Waals surface area contributed by atoms with Crippen molar-refractivity contribution in [2.75, 3.05) is 0 Å². The highest BCUT2D eigenvalue weighted by Gasteiger charge is 2.06. The van der Waals surface area contributed by atoms with E-state index >= 15 is 0 Å². The van der Waals surface area contributed by atoms with Crippen LogP contribution in [0.3, 0.4) is 0 Å². The normalized spacial score (nSPS) is 11.1. The van der Waals surface area contributed by atoms with Gasteiger partial charge in [-0.1, -0.05) is 34.1 Å². The number of pyridine rings is 1. The molecule has 19 heavy (non-hydrogen) atoms. The van der Waals surface area contributed by atoms with Gasteiger partial charge in [-0.05, 0) is 23.8 Å². The van der Waals surface area contributed by atoms with Crippen molar-refractivity contribution in [1.82, 2.24) is 9.38 Å². The van der Waals surface area contributed by atoms with Gasteiger partial charge < -0.3 is 10.1 Å². The molecule has 0 amide bonds. The van der Waals surface area contributed by atoms with Gasteiger partial charge >= 0.3 is 0 Å². The number of benzene rings is 1. The monoisotopic (exact) mass is 315 g/mol. The van der Waals surface area contributed by atoms with Crippen LogP contribution in [0.15, 0.2) is 53.3 Å². The SMILES string of the molecule is NCc1cccn2cc(Cc3ccc(Br)cc3)nc12. The average molecular weight is 316 g/mol. The van der Waals surface area contributed by atoms with E-state index in [0.717, 1.165) is 27.8 Å². The quantitative estimate of drug-likeness (QED) is 0.807. The molecule has 0 saturated heterocycles. The lowest BCUT2D eigenvalue weighted by molar-refractivity contribution is 1.04. The molecule has 0 saturated carbocycles. The molecule has 0 radical (unpaired) electrons. The highest BCUT2D eigenvalue weighted by molar-refractivity contribution is 9.10. The minimum absolute atomic E-state index is 0.513. The number of hydrogen-bond acceptors (Lipinski definition) is 2. The molecular weight excluding hydrogens is 302 g/mol. The Kier molecular flexibility index (Phi) is 3.36. The molecule has 1 aromatic carbocycles. The van der Waals surface area contributed by atoms with Crippen LogP contribution in [0.25, 0.3) is 5.65 Å². The van der Waals surface area contributed by atoms with Crippen LogP contribution >= 0.6 is 15.9 Å². The predicted octanol–water partition coefficient (Wildman–Crippen LogP) is 3.15. The van der Waals surface area contributed by atoms with Gasteiger partial charge in [0, 0.05) is 35.4 Å². The number of hydrogen-bond donors (Lipinski definition) is 1. The van der Waals surface area contributed by atoms with Crippen molar-refractivity contribution in [2.45, 2.75) is 13.0 Å². The Balaban J connectivity index is 1.95. The van der Waals surface area contributed by atoms with E-state index in [4.69, 9.17) is 5.73 Å². The number of nitrogens with two attached hydrogens (primary N) is 1. The van der Waals surface area contributed by atoms with Crippen molar-refractivity contribution in [3.05, 3.63) is 70.1 Å². The number of fused-ring (bicyclic) bond motifs is 1. The van der Waals surface area contributed by atoms with Crippen LogP contribution in [0.4, 0.5) is 0 Å². The van der Waals surface area contributed by atoms with Gasteiger partial charge in [0.1, 0.15) is 5.65 Å². The van der Waals surface area contributed by atoms with E-state index in [-0.39, 0.29) is 0 Å². The summed E-state index contributed by atoms with van der Waals surface area (Å²) in [5, 5.41) is 0. The molecule has 2 N–H and O–H groups in total. The zero-order chi connectivity index (χ0) is 13.2. The van der Waals surface area contributed by atoms with Crippen molar-refractivity contribution >= 4 is 21.6 Å². The molecule has 2 heterocycles. The lowest BCUT2D eigenvalue weighted by atomic mass is 10.1. The number of aromatic nitrogens is 2. The fourth-order valence-corrected chi connectivity index (χ4v) is 2.44. The Morgan fingerprint density at radius 3 is 2.68 bits per heavy atom. The maximum absolute atomic E-state index is 5.74. The Morgan fingerprint density at radius 1 is 1.16 bits per heavy atom. The summed E-state index contributed by atoms with van der Waals surface area (Å²) in [6.07, 6.45) is 4.90. The van der Waals surface area contributed by atoms with Gasteiger partial charge in [0.05, 0.1) is 5.69 Å². The van der Waals surface area contributed by atoms with Crippen LogP contribution in [0.2, 0.25) is 0 Å². The Morgan fingerprint density at radius 2 is 1.95 bits per heavy atom. The molecule has 0 unspecified atom stereocenters. The zero-order valence-corrected chi connectivity index (χ0v) is 12.0. The predicted molar refractivity (Wildman–Crippen MR) is 80.0 cm³/mol. The fraction of sp³-hybridized carbons (Fsp3) is 0.133. The summed E-state index contributed by atoms with van der Waals surface area (Å²) in [6.45, 7) is 0.513. The molecule has 0 fully saturated rings. The van der Waals surface area contributed by atoms with Gasteiger partial charge in [-0.25, -0.2) is 4.98 Å². The molecule has 3 nitrogen and oxygen atoms in total. The molecule has 3 aromatic rings. The van der Waals surface area contributed by atoms with Gasteiger partial charge in [0.15, 0.2) is 0 Å². The van der Waals surface area contributed by atoms with E-state index in [0.29, 0.717) is 6.54 Å². The average Bonchev–Trinajstić information content (AvgIpc) is 2.83. The van der Waals surface area contributed by atoms with E-state index in [2.05, 4.69) is 51.4 Å². The number of rotatable bonds is 3. The topological polar surface area (TPSA) is 43.3 Å². The van der Waals surface area contributed by atoms with E-state index in [1.54, 1.807) is 0 Å². The molecule has 0 aliphatic carbocycles. The van der Waals surface area contributed by atoms with E-state index in [9.17, 15) is 0 Å². The second-order valence-corrected chi connectivity index (χ2v) is 5.42. The lowest BCUT2D eigenvalue weighted by Gasteiger charge is -1.98. The maximum atomic E-state index is 5.74. The number of halogens is 1. The highest BCUT2D eigenvalue weighted by Crippen LogP contribution is 2.16. The van der Waals surface area contributed by atoms with Crippen LogP contribution in [-0.2, 0) is 13.0 Å². The molecule has 96 valence electrons. The molecular formula is C15H14BrN3. The second kappa shape index (κ2) is 5.15. The number of imidazole rings is 1. The standard InChI is InChI=1S/C15H14BrN3/c16-13-5-3-11(4-6-13)8-14-10-19-7-1-2-12(9-17)15(19)18-14/h1-7,10H,8-9,17H2. The first-order valence-corrected chi connectivity index (χ1v) is 6.95. The molecule has 0 aliphatic rings. The summed E-state index contributed by atoms with van der Waals surface area (Å²) in [5.41, 5.74) is 10.1. The van der Waals surface area contributed by atoms with Gasteiger partial charge in [0.2, 0.25) is 0 Å². The van der Waals surface area contributed by atoms with E-state index in [1.165, 1.54) is 5.56 Å². The minimum atomic E-state index is 0.513. The molecule has 2 aromatic heterocycles.